The van der Waals surface area contributed by atoms with Crippen molar-refractivity contribution in [1.82, 2.24) is 0 Å². The lowest BCUT2D eigenvalue weighted by Crippen LogP contribution is -2.40. The third-order valence-corrected chi connectivity index (χ3v) is 3.92. The number of rotatable bonds is 2. The first-order chi connectivity index (χ1) is 7.34. The van der Waals surface area contributed by atoms with Crippen LogP contribution < -0.4 is 5.73 Å². The van der Waals surface area contributed by atoms with Crippen molar-refractivity contribution < 1.29 is 9.53 Å². The Morgan fingerprint density at radius 1 is 1.38 bits per heavy atom. The molecule has 3 unspecified atom stereocenters. The molecular weight excluding hydrogens is 202 g/mol. The smallest absolute Gasteiger partial charge is 0.305 e. The maximum absolute atomic E-state index is 11.3. The number of hydrogen-bond acceptors (Lipinski definition) is 3. The van der Waals surface area contributed by atoms with Crippen molar-refractivity contribution in [1.29, 1.82) is 0 Å². The molecule has 1 aliphatic carbocycles. The first-order valence-corrected chi connectivity index (χ1v) is 6.17. The van der Waals surface area contributed by atoms with Gasteiger partial charge in [0.05, 0.1) is 7.11 Å². The first kappa shape index (κ1) is 13.5. The molecule has 0 aromatic rings. The fourth-order valence-electron chi connectivity index (χ4n) is 2.61. The normalized spacial score (nSPS) is 31.2. The summed E-state index contributed by atoms with van der Waals surface area (Å²) in [6, 6.07) is 0.165. The lowest BCUT2D eigenvalue weighted by Gasteiger charge is -2.40. The van der Waals surface area contributed by atoms with Crippen LogP contribution in [-0.2, 0) is 9.53 Å². The summed E-state index contributed by atoms with van der Waals surface area (Å²) >= 11 is 0. The van der Waals surface area contributed by atoms with Gasteiger partial charge in [-0.15, -0.1) is 0 Å². The Hall–Kier alpha value is -0.570. The van der Waals surface area contributed by atoms with Gasteiger partial charge in [-0.2, -0.15) is 0 Å². The van der Waals surface area contributed by atoms with Gasteiger partial charge in [-0.1, -0.05) is 20.8 Å². The van der Waals surface area contributed by atoms with Crippen molar-refractivity contribution in [2.24, 2.45) is 23.0 Å². The molecule has 1 saturated carbocycles. The van der Waals surface area contributed by atoms with Crippen LogP contribution in [0.25, 0.3) is 0 Å². The second kappa shape index (κ2) is 5.17. The van der Waals surface area contributed by atoms with E-state index in [2.05, 4.69) is 20.8 Å². The van der Waals surface area contributed by atoms with Gasteiger partial charge in [0.1, 0.15) is 0 Å². The second-order valence-corrected chi connectivity index (χ2v) is 6.08. The monoisotopic (exact) mass is 227 g/mol. The van der Waals surface area contributed by atoms with Gasteiger partial charge in [0, 0.05) is 12.5 Å². The van der Waals surface area contributed by atoms with Crippen molar-refractivity contribution in [3.05, 3.63) is 0 Å². The lowest BCUT2D eigenvalue weighted by atomic mass is 9.67. The molecule has 0 bridgehead atoms. The van der Waals surface area contributed by atoms with E-state index in [9.17, 15) is 4.79 Å². The van der Waals surface area contributed by atoms with Crippen LogP contribution in [0.5, 0.6) is 0 Å². The van der Waals surface area contributed by atoms with Crippen molar-refractivity contribution in [2.75, 3.05) is 7.11 Å². The van der Waals surface area contributed by atoms with E-state index in [1.54, 1.807) is 0 Å². The number of carbonyl (C=O) groups excluding carboxylic acids is 1. The molecule has 94 valence electrons. The van der Waals surface area contributed by atoms with Crippen molar-refractivity contribution >= 4 is 5.97 Å². The van der Waals surface area contributed by atoms with Gasteiger partial charge in [0.25, 0.3) is 0 Å². The van der Waals surface area contributed by atoms with Crippen LogP contribution in [0, 0.1) is 17.3 Å². The largest absolute Gasteiger partial charge is 0.469 e. The first-order valence-electron chi connectivity index (χ1n) is 6.17. The molecule has 3 heteroatoms. The molecule has 3 atom stereocenters. The highest BCUT2D eigenvalue weighted by Crippen LogP contribution is 2.40. The molecule has 0 aliphatic heterocycles. The van der Waals surface area contributed by atoms with Crippen LogP contribution in [0.2, 0.25) is 0 Å². The number of nitrogens with two attached hydrogens (primary N) is 1. The molecule has 0 amide bonds. The van der Waals surface area contributed by atoms with Crippen LogP contribution in [0.3, 0.4) is 0 Å². The molecular formula is C13H25NO2. The van der Waals surface area contributed by atoms with Crippen LogP contribution >= 0.6 is 0 Å². The Morgan fingerprint density at radius 3 is 2.50 bits per heavy atom. The van der Waals surface area contributed by atoms with E-state index < -0.39 is 0 Å². The Balaban J connectivity index is 2.58. The summed E-state index contributed by atoms with van der Waals surface area (Å²) in [5.74, 6) is 0.836. The summed E-state index contributed by atoms with van der Waals surface area (Å²) in [6.07, 6.45) is 3.75. The Labute approximate surface area is 98.7 Å². The standard InChI is InChI=1S/C13H25NO2/c1-13(2,3)10-5-6-11(14)9(7-10)8-12(15)16-4/h9-11H,5-8,14H2,1-4H3. The summed E-state index contributed by atoms with van der Waals surface area (Å²) in [7, 11) is 1.44. The molecule has 0 radical (unpaired) electrons. The number of ether oxygens (including phenoxy) is 1. The molecule has 2 N–H and O–H groups in total. The van der Waals surface area contributed by atoms with E-state index in [4.69, 9.17) is 10.5 Å². The van der Waals surface area contributed by atoms with E-state index in [1.165, 1.54) is 13.5 Å². The molecule has 1 aliphatic rings. The number of hydrogen-bond donors (Lipinski definition) is 1. The molecule has 3 nitrogen and oxygen atoms in total. The zero-order valence-corrected chi connectivity index (χ0v) is 11.0. The quantitative estimate of drug-likeness (QED) is 0.737. The summed E-state index contributed by atoms with van der Waals surface area (Å²) in [4.78, 5) is 11.3. The molecule has 0 spiro atoms. The Morgan fingerprint density at radius 2 is 2.00 bits per heavy atom. The van der Waals surface area contributed by atoms with E-state index in [0.717, 1.165) is 12.8 Å². The molecule has 1 fully saturated rings. The van der Waals surface area contributed by atoms with Gasteiger partial charge in [-0.05, 0) is 36.5 Å². The van der Waals surface area contributed by atoms with Crippen LogP contribution in [0.1, 0.15) is 46.5 Å². The molecule has 16 heavy (non-hydrogen) atoms. The minimum Gasteiger partial charge on any atom is -0.469 e. The molecule has 0 aromatic carbocycles. The van der Waals surface area contributed by atoms with Crippen molar-refractivity contribution in [2.45, 2.75) is 52.5 Å². The average Bonchev–Trinajstić information content (AvgIpc) is 2.19. The predicted molar refractivity (Wildman–Crippen MR) is 64.9 cm³/mol. The van der Waals surface area contributed by atoms with Crippen LogP contribution in [-0.4, -0.2) is 19.1 Å². The highest BCUT2D eigenvalue weighted by Gasteiger charge is 2.35. The predicted octanol–water partition coefficient (Wildman–Crippen LogP) is 2.34. The topological polar surface area (TPSA) is 52.3 Å². The van der Waals surface area contributed by atoms with E-state index in [0.29, 0.717) is 23.7 Å². The van der Waals surface area contributed by atoms with Gasteiger partial charge in [0.15, 0.2) is 0 Å². The average molecular weight is 227 g/mol. The third-order valence-electron chi connectivity index (χ3n) is 3.92. The third kappa shape index (κ3) is 3.48. The van der Waals surface area contributed by atoms with Gasteiger partial charge in [-0.3, -0.25) is 4.79 Å². The number of carbonyl (C=O) groups is 1. The van der Waals surface area contributed by atoms with Crippen molar-refractivity contribution in [3.63, 3.8) is 0 Å². The maximum Gasteiger partial charge on any atom is 0.305 e. The molecule has 0 saturated heterocycles. The zero-order chi connectivity index (χ0) is 12.3. The molecule has 1 rings (SSSR count). The summed E-state index contributed by atoms with van der Waals surface area (Å²) in [6.45, 7) is 6.80. The van der Waals surface area contributed by atoms with Crippen LogP contribution in [0.4, 0.5) is 0 Å². The van der Waals surface area contributed by atoms with E-state index in [-0.39, 0.29) is 12.0 Å². The van der Waals surface area contributed by atoms with Crippen LogP contribution in [0.15, 0.2) is 0 Å². The summed E-state index contributed by atoms with van der Waals surface area (Å²) in [5.41, 5.74) is 6.39. The maximum atomic E-state index is 11.3. The Bertz CT molecular complexity index is 245. The fourth-order valence-corrected chi connectivity index (χ4v) is 2.61. The van der Waals surface area contributed by atoms with Gasteiger partial charge in [-0.25, -0.2) is 0 Å². The van der Waals surface area contributed by atoms with E-state index in [1.807, 2.05) is 0 Å². The summed E-state index contributed by atoms with van der Waals surface area (Å²) in [5, 5.41) is 0. The highest BCUT2D eigenvalue weighted by atomic mass is 16.5. The summed E-state index contributed by atoms with van der Waals surface area (Å²) < 4.78 is 4.73. The lowest BCUT2D eigenvalue weighted by molar-refractivity contribution is -0.142. The Kier molecular flexibility index (Phi) is 4.36. The second-order valence-electron chi connectivity index (χ2n) is 6.08. The molecule has 0 aromatic heterocycles. The van der Waals surface area contributed by atoms with Gasteiger partial charge < -0.3 is 10.5 Å². The zero-order valence-electron chi connectivity index (χ0n) is 11.0. The molecule has 0 heterocycles. The fraction of sp³-hybridized carbons (Fsp3) is 0.923. The van der Waals surface area contributed by atoms with Gasteiger partial charge >= 0.3 is 5.97 Å². The van der Waals surface area contributed by atoms with Gasteiger partial charge in [0.2, 0.25) is 0 Å². The number of methoxy groups -OCH3 is 1. The number of esters is 1. The minimum absolute atomic E-state index is 0.130. The van der Waals surface area contributed by atoms with Crippen molar-refractivity contribution in [3.8, 4) is 0 Å². The highest BCUT2D eigenvalue weighted by molar-refractivity contribution is 5.69. The SMILES string of the molecule is COC(=O)CC1CC(C(C)(C)C)CCC1N. The van der Waals surface area contributed by atoms with E-state index >= 15 is 0 Å². The minimum atomic E-state index is -0.130.